The van der Waals surface area contributed by atoms with E-state index in [1.165, 1.54) is 0 Å². The monoisotopic (exact) mass is 166 g/mol. The Morgan fingerprint density at radius 1 is 1.58 bits per heavy atom. The Morgan fingerprint density at radius 2 is 2.17 bits per heavy atom. The van der Waals surface area contributed by atoms with Crippen molar-refractivity contribution in [2.45, 2.75) is 27.2 Å². The molecule has 0 spiro atoms. The molecule has 0 heterocycles. The van der Waals surface area contributed by atoms with Crippen LogP contribution in [0.1, 0.15) is 27.2 Å². The number of rotatable bonds is 1. The van der Waals surface area contributed by atoms with Crippen LogP contribution in [0.5, 0.6) is 0 Å². The van der Waals surface area contributed by atoms with Gasteiger partial charge in [-0.15, -0.1) is 0 Å². The number of carboxylic acid groups (broad SMARTS) is 1. The van der Waals surface area contributed by atoms with Gasteiger partial charge in [-0.3, -0.25) is 0 Å². The summed E-state index contributed by atoms with van der Waals surface area (Å²) in [6.45, 7) is 6.07. The van der Waals surface area contributed by atoms with E-state index < -0.39 is 5.97 Å². The van der Waals surface area contributed by atoms with Gasteiger partial charge in [0.05, 0.1) is 5.57 Å². The maximum atomic E-state index is 10.7. The van der Waals surface area contributed by atoms with Crippen molar-refractivity contribution in [1.29, 1.82) is 0 Å². The second-order valence-electron chi connectivity index (χ2n) is 4.06. The molecule has 1 aliphatic carbocycles. The van der Waals surface area contributed by atoms with Gasteiger partial charge in [-0.2, -0.15) is 0 Å². The molecule has 0 aromatic rings. The zero-order valence-corrected chi connectivity index (χ0v) is 7.72. The van der Waals surface area contributed by atoms with Gasteiger partial charge in [0, 0.05) is 0 Å². The number of carboxylic acids is 1. The summed E-state index contributed by atoms with van der Waals surface area (Å²) in [5.74, 6) is -0.831. The molecule has 0 radical (unpaired) electrons. The molecule has 66 valence electrons. The van der Waals surface area contributed by atoms with Crippen LogP contribution in [0.4, 0.5) is 0 Å². The lowest BCUT2D eigenvalue weighted by molar-refractivity contribution is -0.132. The van der Waals surface area contributed by atoms with Gasteiger partial charge in [-0.1, -0.05) is 25.5 Å². The first-order chi connectivity index (χ1) is 5.41. The molecule has 0 fully saturated rings. The molecule has 0 saturated heterocycles. The van der Waals surface area contributed by atoms with E-state index in [2.05, 4.69) is 0 Å². The molecule has 0 aromatic carbocycles. The van der Waals surface area contributed by atoms with Crippen LogP contribution in [0, 0.1) is 5.41 Å². The summed E-state index contributed by atoms with van der Waals surface area (Å²) in [6.07, 6.45) is 4.51. The third kappa shape index (κ3) is 1.97. The molecule has 1 N–H and O–H groups in total. The smallest absolute Gasteiger partial charge is 0.335 e. The fourth-order valence-electron chi connectivity index (χ4n) is 1.67. The molecule has 12 heavy (non-hydrogen) atoms. The first kappa shape index (κ1) is 9.04. The third-order valence-corrected chi connectivity index (χ3v) is 1.93. The van der Waals surface area contributed by atoms with Gasteiger partial charge in [0.25, 0.3) is 0 Å². The average Bonchev–Trinajstić information content (AvgIpc) is 1.82. The lowest BCUT2D eigenvalue weighted by atomic mass is 9.80. The summed E-state index contributed by atoms with van der Waals surface area (Å²) < 4.78 is 0. The molecule has 0 saturated carbocycles. The Bertz CT molecular complexity index is 270. The Kier molecular flexibility index (Phi) is 2.09. The topological polar surface area (TPSA) is 37.3 Å². The molecular weight excluding hydrogens is 152 g/mol. The van der Waals surface area contributed by atoms with E-state index in [-0.39, 0.29) is 5.41 Å². The van der Waals surface area contributed by atoms with Crippen LogP contribution in [-0.2, 0) is 4.79 Å². The van der Waals surface area contributed by atoms with Crippen molar-refractivity contribution < 1.29 is 9.90 Å². The van der Waals surface area contributed by atoms with Crippen molar-refractivity contribution in [3.05, 3.63) is 23.3 Å². The second kappa shape index (κ2) is 2.77. The molecule has 0 amide bonds. The van der Waals surface area contributed by atoms with Crippen molar-refractivity contribution in [3.63, 3.8) is 0 Å². The predicted molar refractivity (Wildman–Crippen MR) is 47.9 cm³/mol. The van der Waals surface area contributed by atoms with Crippen LogP contribution >= 0.6 is 0 Å². The predicted octanol–water partition coefficient (Wildman–Crippen LogP) is 2.37. The van der Waals surface area contributed by atoms with E-state index in [0.717, 1.165) is 12.0 Å². The van der Waals surface area contributed by atoms with Gasteiger partial charge in [-0.05, 0) is 24.8 Å². The van der Waals surface area contributed by atoms with Gasteiger partial charge in [0.1, 0.15) is 0 Å². The highest BCUT2D eigenvalue weighted by atomic mass is 16.4. The van der Waals surface area contributed by atoms with E-state index in [1.54, 1.807) is 6.08 Å². The molecule has 1 rings (SSSR count). The largest absolute Gasteiger partial charge is 0.478 e. The van der Waals surface area contributed by atoms with Gasteiger partial charge < -0.3 is 5.11 Å². The van der Waals surface area contributed by atoms with Crippen molar-refractivity contribution in [2.75, 3.05) is 0 Å². The van der Waals surface area contributed by atoms with Gasteiger partial charge >= 0.3 is 5.97 Å². The van der Waals surface area contributed by atoms with E-state index >= 15 is 0 Å². The first-order valence-corrected chi connectivity index (χ1v) is 4.04. The van der Waals surface area contributed by atoms with Crippen molar-refractivity contribution >= 4 is 5.97 Å². The summed E-state index contributed by atoms with van der Waals surface area (Å²) in [6, 6.07) is 0. The van der Waals surface area contributed by atoms with Gasteiger partial charge in [0.2, 0.25) is 0 Å². The summed E-state index contributed by atoms with van der Waals surface area (Å²) in [5.41, 5.74) is 1.55. The maximum absolute atomic E-state index is 10.7. The molecule has 0 atom stereocenters. The van der Waals surface area contributed by atoms with Crippen LogP contribution < -0.4 is 0 Å². The normalized spacial score (nSPS) is 21.2. The Morgan fingerprint density at radius 3 is 2.58 bits per heavy atom. The lowest BCUT2D eigenvalue weighted by Crippen LogP contribution is -2.15. The zero-order chi connectivity index (χ0) is 9.35. The Labute approximate surface area is 72.6 Å². The molecule has 1 aliphatic rings. The van der Waals surface area contributed by atoms with Gasteiger partial charge in [0.15, 0.2) is 0 Å². The van der Waals surface area contributed by atoms with E-state index in [9.17, 15) is 4.79 Å². The summed E-state index contributed by atoms with van der Waals surface area (Å²) >= 11 is 0. The van der Waals surface area contributed by atoms with Gasteiger partial charge in [-0.25, -0.2) is 4.79 Å². The van der Waals surface area contributed by atoms with Crippen molar-refractivity contribution in [2.24, 2.45) is 5.41 Å². The van der Waals surface area contributed by atoms with E-state index in [1.807, 2.05) is 26.8 Å². The lowest BCUT2D eigenvalue weighted by Gasteiger charge is -2.25. The number of hydrogen-bond donors (Lipinski definition) is 1. The summed E-state index contributed by atoms with van der Waals surface area (Å²) in [4.78, 5) is 10.7. The fourth-order valence-corrected chi connectivity index (χ4v) is 1.67. The number of aliphatic carboxylic acids is 1. The van der Waals surface area contributed by atoms with Crippen LogP contribution in [-0.4, -0.2) is 11.1 Å². The molecule has 2 heteroatoms. The maximum Gasteiger partial charge on any atom is 0.335 e. The molecule has 0 unspecified atom stereocenters. The molecule has 2 nitrogen and oxygen atoms in total. The van der Waals surface area contributed by atoms with Crippen molar-refractivity contribution in [1.82, 2.24) is 0 Å². The highest BCUT2D eigenvalue weighted by Crippen LogP contribution is 2.32. The Hall–Kier alpha value is -1.05. The standard InChI is InChI=1S/C10H14O2/c1-7-4-8(9(11)12)6-10(2,3)5-7/h4,6H,5H2,1-3H3,(H,11,12). The quantitative estimate of drug-likeness (QED) is 0.649. The minimum absolute atomic E-state index is 0.00738. The average molecular weight is 166 g/mol. The molecular formula is C10H14O2. The summed E-state index contributed by atoms with van der Waals surface area (Å²) in [7, 11) is 0. The summed E-state index contributed by atoms with van der Waals surface area (Å²) in [5, 5.41) is 8.78. The fraction of sp³-hybridized carbons (Fsp3) is 0.500. The van der Waals surface area contributed by atoms with Crippen molar-refractivity contribution in [3.8, 4) is 0 Å². The molecule has 0 bridgehead atoms. The Balaban J connectivity index is 3.01. The highest BCUT2D eigenvalue weighted by molar-refractivity contribution is 5.90. The molecule has 0 aliphatic heterocycles. The molecule has 0 aromatic heterocycles. The minimum Gasteiger partial charge on any atom is -0.478 e. The number of hydrogen-bond acceptors (Lipinski definition) is 1. The van der Waals surface area contributed by atoms with Crippen LogP contribution in [0.2, 0.25) is 0 Å². The van der Waals surface area contributed by atoms with E-state index in [4.69, 9.17) is 5.11 Å². The van der Waals surface area contributed by atoms with E-state index in [0.29, 0.717) is 5.57 Å². The minimum atomic E-state index is -0.831. The first-order valence-electron chi connectivity index (χ1n) is 4.04. The third-order valence-electron chi connectivity index (χ3n) is 1.93. The van der Waals surface area contributed by atoms with Crippen LogP contribution in [0.25, 0.3) is 0 Å². The SMILES string of the molecule is CC1=CC(C(=O)O)=CC(C)(C)C1. The highest BCUT2D eigenvalue weighted by Gasteiger charge is 2.22. The van der Waals surface area contributed by atoms with Crippen LogP contribution in [0.15, 0.2) is 23.3 Å². The van der Waals surface area contributed by atoms with Crippen LogP contribution in [0.3, 0.4) is 0 Å². The zero-order valence-electron chi connectivity index (χ0n) is 7.72. The number of carbonyl (C=O) groups is 1. The number of allylic oxidation sites excluding steroid dienone is 2. The second-order valence-corrected chi connectivity index (χ2v) is 4.06.